The third kappa shape index (κ3) is 4.64. The minimum absolute atomic E-state index is 0.375. The average molecular weight is 306 g/mol. The van der Waals surface area contributed by atoms with Gasteiger partial charge < -0.3 is 0 Å². The number of hydrogen-bond donors (Lipinski definition) is 2. The van der Waals surface area contributed by atoms with Crippen LogP contribution in [0, 0.1) is 11.8 Å². The van der Waals surface area contributed by atoms with Crippen molar-refractivity contribution in [1.82, 2.24) is 10.9 Å². The summed E-state index contributed by atoms with van der Waals surface area (Å²) in [5, 5.41) is 8.21. The minimum Gasteiger partial charge on any atom is -0.262 e. The van der Waals surface area contributed by atoms with Crippen molar-refractivity contribution in [3.63, 3.8) is 0 Å². The molecule has 2 saturated carbocycles. The Morgan fingerprint density at radius 2 is 1.23 bits per heavy atom. The number of carbonyl (C=O) groups is 2. The zero-order chi connectivity index (χ0) is 15.9. The van der Waals surface area contributed by atoms with Crippen LogP contribution in [0.5, 0.6) is 0 Å². The van der Waals surface area contributed by atoms with Crippen molar-refractivity contribution in [2.24, 2.45) is 22.0 Å². The fourth-order valence-corrected chi connectivity index (χ4v) is 3.02. The molecule has 0 saturated heterocycles. The normalized spacial score (nSPS) is 29.4. The van der Waals surface area contributed by atoms with Gasteiger partial charge in [-0.1, -0.05) is 26.7 Å². The number of carbonyl (C=O) groups excluding carboxylic acids is 2. The number of nitrogens with zero attached hydrogens (tertiary/aromatic N) is 2. The first-order chi connectivity index (χ1) is 10.6. The van der Waals surface area contributed by atoms with Crippen LogP contribution < -0.4 is 10.9 Å². The molecule has 0 aromatic rings. The highest BCUT2D eigenvalue weighted by Gasteiger charge is 2.19. The lowest BCUT2D eigenvalue weighted by atomic mass is 9.89. The molecular weight excluding hydrogens is 280 g/mol. The van der Waals surface area contributed by atoms with E-state index in [4.69, 9.17) is 0 Å². The number of hydrogen-bond acceptors (Lipinski definition) is 4. The van der Waals surface area contributed by atoms with Crippen LogP contribution in [0.2, 0.25) is 0 Å². The lowest BCUT2D eigenvalue weighted by Crippen LogP contribution is -2.37. The highest BCUT2D eigenvalue weighted by atomic mass is 16.2. The van der Waals surface area contributed by atoms with Gasteiger partial charge >= 0.3 is 11.8 Å². The van der Waals surface area contributed by atoms with E-state index in [9.17, 15) is 9.59 Å². The van der Waals surface area contributed by atoms with E-state index in [-0.39, 0.29) is 0 Å². The number of rotatable bonds is 2. The van der Waals surface area contributed by atoms with Crippen molar-refractivity contribution in [3.8, 4) is 0 Å². The molecule has 2 atom stereocenters. The van der Waals surface area contributed by atoms with Gasteiger partial charge in [-0.25, -0.2) is 10.9 Å². The van der Waals surface area contributed by atoms with Crippen molar-refractivity contribution >= 4 is 23.2 Å². The van der Waals surface area contributed by atoms with Crippen LogP contribution in [0.15, 0.2) is 10.2 Å². The molecule has 0 aromatic carbocycles. The van der Waals surface area contributed by atoms with Crippen molar-refractivity contribution in [2.75, 3.05) is 0 Å². The Hall–Kier alpha value is -1.72. The molecule has 0 bridgehead atoms. The first-order valence-corrected chi connectivity index (χ1v) is 8.31. The summed E-state index contributed by atoms with van der Waals surface area (Å²) in [4.78, 5) is 23.5. The molecule has 6 nitrogen and oxygen atoms in total. The summed E-state index contributed by atoms with van der Waals surface area (Å²) in [6.07, 6.45) is 8.55. The molecule has 0 heterocycles. The van der Waals surface area contributed by atoms with Gasteiger partial charge in [0.2, 0.25) is 0 Å². The summed E-state index contributed by atoms with van der Waals surface area (Å²) in [6, 6.07) is 0. The summed E-state index contributed by atoms with van der Waals surface area (Å²) in [5.41, 5.74) is 6.64. The molecule has 2 fully saturated rings. The summed E-state index contributed by atoms with van der Waals surface area (Å²) < 4.78 is 0. The second-order valence-electron chi connectivity index (χ2n) is 6.38. The van der Waals surface area contributed by atoms with E-state index in [1.54, 1.807) is 0 Å². The average Bonchev–Trinajstić information content (AvgIpc) is 2.52. The fraction of sp³-hybridized carbons (Fsp3) is 0.750. The highest BCUT2D eigenvalue weighted by Crippen LogP contribution is 2.21. The zero-order valence-electron chi connectivity index (χ0n) is 13.5. The van der Waals surface area contributed by atoms with E-state index in [0.29, 0.717) is 11.8 Å². The Bertz CT molecular complexity index is 441. The van der Waals surface area contributed by atoms with Crippen molar-refractivity contribution in [3.05, 3.63) is 0 Å². The zero-order valence-corrected chi connectivity index (χ0v) is 13.5. The Labute approximate surface area is 131 Å². The van der Waals surface area contributed by atoms with Crippen LogP contribution in [0.1, 0.15) is 65.2 Å². The topological polar surface area (TPSA) is 82.9 Å². The molecule has 2 amide bonds. The molecule has 2 unspecified atom stereocenters. The van der Waals surface area contributed by atoms with E-state index in [1.165, 1.54) is 12.8 Å². The molecule has 0 aromatic heterocycles. The minimum atomic E-state index is -0.752. The van der Waals surface area contributed by atoms with E-state index < -0.39 is 11.8 Å². The van der Waals surface area contributed by atoms with Crippen molar-refractivity contribution in [1.29, 1.82) is 0 Å². The number of hydrazone groups is 2. The third-order valence-electron chi connectivity index (χ3n) is 4.59. The Morgan fingerprint density at radius 1 is 0.818 bits per heavy atom. The molecule has 0 aliphatic heterocycles. The van der Waals surface area contributed by atoms with Gasteiger partial charge in [-0.05, 0) is 50.4 Å². The number of amides is 2. The maximum Gasteiger partial charge on any atom is 0.331 e. The molecule has 6 heteroatoms. The van der Waals surface area contributed by atoms with Crippen LogP contribution in [0.25, 0.3) is 0 Å². The highest BCUT2D eigenvalue weighted by molar-refractivity contribution is 6.35. The van der Waals surface area contributed by atoms with Gasteiger partial charge in [0.1, 0.15) is 0 Å². The fourth-order valence-electron chi connectivity index (χ4n) is 3.02. The van der Waals surface area contributed by atoms with Gasteiger partial charge in [-0.2, -0.15) is 10.2 Å². The van der Waals surface area contributed by atoms with Crippen LogP contribution >= 0.6 is 0 Å². The van der Waals surface area contributed by atoms with Gasteiger partial charge in [0.05, 0.1) is 0 Å². The van der Waals surface area contributed by atoms with E-state index in [2.05, 4.69) is 34.9 Å². The smallest absolute Gasteiger partial charge is 0.262 e. The largest absolute Gasteiger partial charge is 0.331 e. The van der Waals surface area contributed by atoms with Crippen LogP contribution in [0.3, 0.4) is 0 Å². The molecule has 0 spiro atoms. The molecular formula is C16H26N4O2. The predicted molar refractivity (Wildman–Crippen MR) is 86.4 cm³/mol. The Balaban J connectivity index is 1.83. The number of nitrogens with one attached hydrogen (secondary N) is 2. The summed E-state index contributed by atoms with van der Waals surface area (Å²) >= 11 is 0. The summed E-state index contributed by atoms with van der Waals surface area (Å²) in [7, 11) is 0. The molecule has 2 rings (SSSR count). The monoisotopic (exact) mass is 306 g/mol. The van der Waals surface area contributed by atoms with Crippen molar-refractivity contribution in [2.45, 2.75) is 65.2 Å². The third-order valence-corrected chi connectivity index (χ3v) is 4.59. The van der Waals surface area contributed by atoms with Crippen LogP contribution in [-0.2, 0) is 9.59 Å². The summed E-state index contributed by atoms with van der Waals surface area (Å²) in [6.45, 7) is 4.20. The SMILES string of the molecule is CC1CCCCC1=NNC(=O)C(=O)NN=C1CCCCC1C. The lowest BCUT2D eigenvalue weighted by Gasteiger charge is -2.20. The quantitative estimate of drug-likeness (QED) is 0.606. The summed E-state index contributed by atoms with van der Waals surface area (Å²) in [5.74, 6) is -0.753. The molecule has 2 N–H and O–H groups in total. The van der Waals surface area contributed by atoms with Crippen molar-refractivity contribution < 1.29 is 9.59 Å². The lowest BCUT2D eigenvalue weighted by molar-refractivity contribution is -0.139. The van der Waals surface area contributed by atoms with E-state index in [1.807, 2.05) is 0 Å². The first-order valence-electron chi connectivity index (χ1n) is 8.31. The van der Waals surface area contributed by atoms with Gasteiger partial charge in [0.15, 0.2) is 0 Å². The second-order valence-corrected chi connectivity index (χ2v) is 6.38. The van der Waals surface area contributed by atoms with Gasteiger partial charge in [0.25, 0.3) is 0 Å². The first kappa shape index (κ1) is 16.6. The van der Waals surface area contributed by atoms with Gasteiger partial charge in [0, 0.05) is 11.4 Å². The predicted octanol–water partition coefficient (Wildman–Crippen LogP) is 2.35. The Morgan fingerprint density at radius 3 is 1.59 bits per heavy atom. The van der Waals surface area contributed by atoms with E-state index in [0.717, 1.165) is 49.9 Å². The molecule has 122 valence electrons. The van der Waals surface area contributed by atoms with E-state index >= 15 is 0 Å². The van der Waals surface area contributed by atoms with Crippen LogP contribution in [0.4, 0.5) is 0 Å². The Kier molecular flexibility index (Phi) is 6.10. The molecule has 22 heavy (non-hydrogen) atoms. The van der Waals surface area contributed by atoms with Gasteiger partial charge in [-0.15, -0.1) is 0 Å². The maximum atomic E-state index is 11.7. The maximum absolute atomic E-state index is 11.7. The second kappa shape index (κ2) is 8.06. The molecule has 2 aliphatic carbocycles. The standard InChI is InChI=1S/C16H26N4O2/c1-11-7-3-5-9-13(11)17-19-15(21)16(22)20-18-14-10-6-4-8-12(14)2/h11-12H,3-10H2,1-2H3,(H,19,21)(H,20,22). The molecule has 0 radical (unpaired) electrons. The van der Waals surface area contributed by atoms with Crippen LogP contribution in [-0.4, -0.2) is 23.2 Å². The van der Waals surface area contributed by atoms with Gasteiger partial charge in [-0.3, -0.25) is 9.59 Å². The molecule has 2 aliphatic rings.